The van der Waals surface area contributed by atoms with Crippen LogP contribution in [0, 0.1) is 11.8 Å². The van der Waals surface area contributed by atoms with E-state index in [-0.39, 0.29) is 0 Å². The Labute approximate surface area is 90.9 Å². The lowest BCUT2D eigenvalue weighted by Gasteiger charge is -2.23. The van der Waals surface area contributed by atoms with E-state index in [1.807, 2.05) is 0 Å². The second-order valence-electron chi connectivity index (χ2n) is 4.42. The van der Waals surface area contributed by atoms with Crippen LogP contribution < -0.4 is 11.6 Å². The molecule has 3 nitrogen and oxygen atoms in total. The smallest absolute Gasteiger partial charge is 0.0764 e. The molecule has 0 aromatic rings. The third kappa shape index (κ3) is 2.01. The van der Waals surface area contributed by atoms with E-state index in [2.05, 4.69) is 12.6 Å². The first kappa shape index (κ1) is 10.2. The van der Waals surface area contributed by atoms with Crippen LogP contribution in [0.25, 0.3) is 0 Å². The van der Waals surface area contributed by atoms with E-state index >= 15 is 0 Å². The van der Waals surface area contributed by atoms with Crippen LogP contribution in [-0.4, -0.2) is 10.9 Å². The molecule has 0 saturated heterocycles. The minimum Gasteiger partial charge on any atom is -0.401 e. The summed E-state index contributed by atoms with van der Waals surface area (Å²) >= 11 is 4.17. The molecular formula is C10H19N3S. The lowest BCUT2D eigenvalue weighted by Crippen LogP contribution is -2.31. The third-order valence-electron chi connectivity index (χ3n) is 3.48. The number of rotatable bonds is 2. The fourth-order valence-electron chi connectivity index (χ4n) is 2.40. The molecule has 1 fully saturated rings. The van der Waals surface area contributed by atoms with Crippen molar-refractivity contribution in [2.24, 2.45) is 23.4 Å². The fourth-order valence-corrected chi connectivity index (χ4v) is 2.57. The van der Waals surface area contributed by atoms with Gasteiger partial charge < -0.3 is 10.7 Å². The van der Waals surface area contributed by atoms with E-state index in [1.165, 1.54) is 19.3 Å². The molecule has 2 atom stereocenters. The average Bonchev–Trinajstić information content (AvgIpc) is 2.90. The largest absolute Gasteiger partial charge is 0.401 e. The lowest BCUT2D eigenvalue weighted by molar-refractivity contribution is 0.382. The molecule has 0 aromatic heterocycles. The van der Waals surface area contributed by atoms with Gasteiger partial charge in [0.2, 0.25) is 0 Å². The molecular weight excluding hydrogens is 194 g/mol. The third-order valence-corrected chi connectivity index (χ3v) is 3.78. The number of fused-ring (bicyclic) bond motifs is 1. The fraction of sp³-hybridized carbons (Fsp3) is 0.800. The molecule has 0 heterocycles. The van der Waals surface area contributed by atoms with Crippen LogP contribution >= 0.6 is 12.6 Å². The molecule has 0 amide bonds. The van der Waals surface area contributed by atoms with Crippen molar-refractivity contribution in [2.45, 2.75) is 32.1 Å². The predicted molar refractivity (Wildman–Crippen MR) is 61.2 cm³/mol. The summed E-state index contributed by atoms with van der Waals surface area (Å²) in [6.45, 7) is 0. The lowest BCUT2D eigenvalue weighted by atomic mass is 10.0. The molecule has 0 aromatic carbocycles. The first-order valence-electron chi connectivity index (χ1n) is 5.33. The molecule has 2 rings (SSSR count). The SMILES string of the molecule is N/C1=C(\N(N)CS)CCC2CC2CC1. The van der Waals surface area contributed by atoms with Gasteiger partial charge in [-0.2, -0.15) is 12.6 Å². The number of nitrogens with zero attached hydrogens (tertiary/aromatic N) is 1. The van der Waals surface area contributed by atoms with Crippen molar-refractivity contribution in [1.29, 1.82) is 0 Å². The normalized spacial score (nSPS) is 37.0. The standard InChI is InChI=1S/C10H19N3S/c11-9-3-1-7-5-8(7)2-4-10(9)13(12)6-14/h7-8,14H,1-6,11-12H2/b10-9-. The van der Waals surface area contributed by atoms with Crippen LogP contribution in [0.3, 0.4) is 0 Å². The van der Waals surface area contributed by atoms with Crippen LogP contribution in [0.1, 0.15) is 32.1 Å². The number of thiol groups is 1. The van der Waals surface area contributed by atoms with Crippen molar-refractivity contribution in [3.8, 4) is 0 Å². The van der Waals surface area contributed by atoms with E-state index in [4.69, 9.17) is 11.6 Å². The highest BCUT2D eigenvalue weighted by atomic mass is 32.1. The Bertz CT molecular complexity index is 252. The van der Waals surface area contributed by atoms with Gasteiger partial charge in [-0.25, -0.2) is 5.84 Å². The van der Waals surface area contributed by atoms with Crippen molar-refractivity contribution < 1.29 is 0 Å². The Hall–Kier alpha value is -0.350. The van der Waals surface area contributed by atoms with E-state index in [0.29, 0.717) is 5.88 Å². The molecule has 14 heavy (non-hydrogen) atoms. The molecule has 80 valence electrons. The summed E-state index contributed by atoms with van der Waals surface area (Å²) in [5, 5.41) is 1.68. The van der Waals surface area contributed by atoms with Gasteiger partial charge in [0.05, 0.1) is 5.88 Å². The molecule has 0 bridgehead atoms. The summed E-state index contributed by atoms with van der Waals surface area (Å²) in [7, 11) is 0. The summed E-state index contributed by atoms with van der Waals surface area (Å²) in [6.07, 6.45) is 5.95. The summed E-state index contributed by atoms with van der Waals surface area (Å²) < 4.78 is 0. The van der Waals surface area contributed by atoms with Gasteiger partial charge in [-0.1, -0.05) is 0 Å². The first-order valence-corrected chi connectivity index (χ1v) is 5.96. The van der Waals surface area contributed by atoms with Gasteiger partial charge in [0.25, 0.3) is 0 Å². The molecule has 2 unspecified atom stereocenters. The van der Waals surface area contributed by atoms with Gasteiger partial charge in [0.1, 0.15) is 0 Å². The zero-order valence-corrected chi connectivity index (χ0v) is 9.34. The molecule has 1 saturated carbocycles. The maximum Gasteiger partial charge on any atom is 0.0764 e. The number of hydrazine groups is 1. The van der Waals surface area contributed by atoms with Gasteiger partial charge in [0, 0.05) is 11.4 Å². The Balaban J connectivity index is 2.06. The number of allylic oxidation sites excluding steroid dienone is 2. The van der Waals surface area contributed by atoms with Gasteiger partial charge in [-0.15, -0.1) is 0 Å². The quantitative estimate of drug-likeness (QED) is 0.281. The van der Waals surface area contributed by atoms with E-state index in [1.54, 1.807) is 5.01 Å². The number of hydrogen-bond donors (Lipinski definition) is 3. The van der Waals surface area contributed by atoms with Crippen LogP contribution in [0.4, 0.5) is 0 Å². The Kier molecular flexibility index (Phi) is 2.93. The molecule has 0 spiro atoms. The number of nitrogens with two attached hydrogens (primary N) is 2. The van der Waals surface area contributed by atoms with Crippen LogP contribution in [-0.2, 0) is 0 Å². The monoisotopic (exact) mass is 213 g/mol. The minimum atomic E-state index is 0.546. The maximum absolute atomic E-state index is 6.03. The second-order valence-corrected chi connectivity index (χ2v) is 4.70. The molecule has 0 radical (unpaired) electrons. The van der Waals surface area contributed by atoms with Crippen molar-refractivity contribution in [3.05, 3.63) is 11.4 Å². The maximum atomic E-state index is 6.03. The summed E-state index contributed by atoms with van der Waals surface area (Å²) in [6, 6.07) is 0. The van der Waals surface area contributed by atoms with Crippen molar-refractivity contribution in [2.75, 3.05) is 5.88 Å². The molecule has 4 N–H and O–H groups in total. The van der Waals surface area contributed by atoms with Crippen molar-refractivity contribution >= 4 is 12.6 Å². The van der Waals surface area contributed by atoms with Gasteiger partial charge in [-0.3, -0.25) is 0 Å². The van der Waals surface area contributed by atoms with Crippen molar-refractivity contribution in [1.82, 2.24) is 5.01 Å². The van der Waals surface area contributed by atoms with Gasteiger partial charge in [-0.05, 0) is 43.9 Å². The van der Waals surface area contributed by atoms with Gasteiger partial charge >= 0.3 is 0 Å². The molecule has 2 aliphatic carbocycles. The van der Waals surface area contributed by atoms with E-state index < -0.39 is 0 Å². The summed E-state index contributed by atoms with van der Waals surface area (Å²) in [5.41, 5.74) is 8.12. The second kappa shape index (κ2) is 4.03. The minimum absolute atomic E-state index is 0.546. The average molecular weight is 213 g/mol. The van der Waals surface area contributed by atoms with Gasteiger partial charge in [0.15, 0.2) is 0 Å². The van der Waals surface area contributed by atoms with E-state index in [9.17, 15) is 0 Å². The Morgan fingerprint density at radius 2 is 1.93 bits per heavy atom. The molecule has 0 aliphatic heterocycles. The predicted octanol–water partition coefficient (Wildman–Crippen LogP) is 1.43. The molecule has 2 aliphatic rings. The molecule has 4 heteroatoms. The Morgan fingerprint density at radius 1 is 1.29 bits per heavy atom. The zero-order chi connectivity index (χ0) is 10.1. The summed E-state index contributed by atoms with van der Waals surface area (Å²) in [5.74, 6) is 8.29. The first-order chi connectivity index (χ1) is 6.72. The summed E-state index contributed by atoms with van der Waals surface area (Å²) in [4.78, 5) is 0. The van der Waals surface area contributed by atoms with Crippen LogP contribution in [0.15, 0.2) is 11.4 Å². The Morgan fingerprint density at radius 3 is 2.57 bits per heavy atom. The highest BCUT2D eigenvalue weighted by molar-refractivity contribution is 7.80. The van der Waals surface area contributed by atoms with E-state index in [0.717, 1.165) is 36.1 Å². The highest BCUT2D eigenvalue weighted by Crippen LogP contribution is 2.47. The van der Waals surface area contributed by atoms with Crippen LogP contribution in [0.2, 0.25) is 0 Å². The highest BCUT2D eigenvalue weighted by Gasteiger charge is 2.37. The topological polar surface area (TPSA) is 55.3 Å². The van der Waals surface area contributed by atoms with Crippen molar-refractivity contribution in [3.63, 3.8) is 0 Å². The number of hydrogen-bond acceptors (Lipinski definition) is 4. The van der Waals surface area contributed by atoms with Crippen LogP contribution in [0.5, 0.6) is 0 Å². The zero-order valence-electron chi connectivity index (χ0n) is 8.45.